The Morgan fingerprint density at radius 1 is 1.23 bits per heavy atom. The van der Waals surface area contributed by atoms with Gasteiger partial charge < -0.3 is 5.32 Å². The number of rotatable bonds is 3. The van der Waals surface area contributed by atoms with E-state index in [4.69, 9.17) is 0 Å². The maximum Gasteiger partial charge on any atom is 0.156 e. The zero-order valence-electron chi connectivity index (χ0n) is 7.87. The second-order valence-electron chi connectivity index (χ2n) is 2.89. The van der Waals surface area contributed by atoms with Gasteiger partial charge in [0.15, 0.2) is 5.78 Å². The van der Waals surface area contributed by atoms with Gasteiger partial charge in [0.05, 0.1) is 0 Å². The molecule has 0 spiro atoms. The zero-order valence-corrected chi connectivity index (χ0v) is 7.87. The number of para-hydroxylation sites is 1. The first-order valence-electron chi connectivity index (χ1n) is 4.19. The molecule has 1 aromatic rings. The number of anilines is 1. The van der Waals surface area contributed by atoms with Crippen molar-refractivity contribution < 1.29 is 4.79 Å². The Kier molecular flexibility index (Phi) is 3.26. The fraction of sp³-hybridized carbons (Fsp3) is 0.182. The van der Waals surface area contributed by atoms with Gasteiger partial charge in [-0.2, -0.15) is 0 Å². The Morgan fingerprint density at radius 2 is 1.85 bits per heavy atom. The lowest BCUT2D eigenvalue weighted by atomic mass is 10.2. The predicted octanol–water partition coefficient (Wildman–Crippen LogP) is 2.59. The first-order valence-corrected chi connectivity index (χ1v) is 4.19. The van der Waals surface area contributed by atoms with Gasteiger partial charge >= 0.3 is 0 Å². The molecule has 0 amide bonds. The molecule has 0 radical (unpaired) electrons. The summed E-state index contributed by atoms with van der Waals surface area (Å²) in [5.74, 6) is 0.0865. The minimum Gasteiger partial charge on any atom is -0.361 e. The van der Waals surface area contributed by atoms with E-state index in [0.717, 1.165) is 11.3 Å². The Balaban J connectivity index is 2.62. The van der Waals surface area contributed by atoms with Crippen LogP contribution in [0.5, 0.6) is 0 Å². The predicted molar refractivity (Wildman–Crippen MR) is 54.5 cm³/mol. The summed E-state index contributed by atoms with van der Waals surface area (Å²) in [7, 11) is 0. The molecule has 0 aliphatic rings. The summed E-state index contributed by atoms with van der Waals surface area (Å²) < 4.78 is 0. The summed E-state index contributed by atoms with van der Waals surface area (Å²) in [6, 6.07) is 9.74. The van der Waals surface area contributed by atoms with E-state index in [1.807, 2.05) is 30.3 Å². The van der Waals surface area contributed by atoms with Crippen LogP contribution in [0.1, 0.15) is 13.8 Å². The molecule has 0 aliphatic carbocycles. The molecule has 0 aromatic heterocycles. The largest absolute Gasteiger partial charge is 0.361 e. The highest BCUT2D eigenvalue weighted by Gasteiger charge is 1.94. The van der Waals surface area contributed by atoms with Crippen LogP contribution in [0.25, 0.3) is 0 Å². The number of hydrogen-bond acceptors (Lipinski definition) is 2. The number of ketones is 1. The highest BCUT2D eigenvalue weighted by Crippen LogP contribution is 2.05. The van der Waals surface area contributed by atoms with Crippen LogP contribution in [-0.2, 0) is 4.79 Å². The SMILES string of the molecule is CC(=O)/C(C)=C\Nc1ccccc1. The van der Waals surface area contributed by atoms with Crippen LogP contribution in [0.2, 0.25) is 0 Å². The lowest BCUT2D eigenvalue weighted by Crippen LogP contribution is -1.96. The van der Waals surface area contributed by atoms with E-state index >= 15 is 0 Å². The van der Waals surface area contributed by atoms with Gasteiger partial charge in [0, 0.05) is 17.5 Å². The van der Waals surface area contributed by atoms with E-state index in [9.17, 15) is 4.79 Å². The molecular weight excluding hydrogens is 162 g/mol. The van der Waals surface area contributed by atoms with Crippen molar-refractivity contribution in [2.24, 2.45) is 0 Å². The average molecular weight is 175 g/mol. The molecule has 68 valence electrons. The highest BCUT2D eigenvalue weighted by molar-refractivity contribution is 5.92. The second kappa shape index (κ2) is 4.45. The number of allylic oxidation sites excluding steroid dienone is 1. The molecule has 0 aliphatic heterocycles. The minimum atomic E-state index is 0.0865. The van der Waals surface area contributed by atoms with Crippen molar-refractivity contribution in [3.05, 3.63) is 42.1 Å². The molecule has 13 heavy (non-hydrogen) atoms. The fourth-order valence-electron chi connectivity index (χ4n) is 0.828. The monoisotopic (exact) mass is 175 g/mol. The fourth-order valence-corrected chi connectivity index (χ4v) is 0.828. The normalized spacial score (nSPS) is 11.1. The van der Waals surface area contributed by atoms with Gasteiger partial charge in [0.1, 0.15) is 0 Å². The third-order valence-corrected chi connectivity index (χ3v) is 1.78. The summed E-state index contributed by atoms with van der Waals surface area (Å²) in [6.45, 7) is 3.34. The molecule has 0 bridgehead atoms. The van der Waals surface area contributed by atoms with Crippen molar-refractivity contribution in [3.63, 3.8) is 0 Å². The molecule has 2 heteroatoms. The number of benzene rings is 1. The molecule has 2 nitrogen and oxygen atoms in total. The molecule has 1 aromatic carbocycles. The van der Waals surface area contributed by atoms with Crippen LogP contribution < -0.4 is 5.32 Å². The van der Waals surface area contributed by atoms with E-state index < -0.39 is 0 Å². The molecule has 1 rings (SSSR count). The summed E-state index contributed by atoms with van der Waals surface area (Å²) >= 11 is 0. The van der Waals surface area contributed by atoms with Crippen molar-refractivity contribution in [1.29, 1.82) is 0 Å². The van der Waals surface area contributed by atoms with Gasteiger partial charge in [0.25, 0.3) is 0 Å². The van der Waals surface area contributed by atoms with Gasteiger partial charge in [0.2, 0.25) is 0 Å². The lowest BCUT2D eigenvalue weighted by Gasteiger charge is -2.00. The van der Waals surface area contributed by atoms with Crippen molar-refractivity contribution in [2.45, 2.75) is 13.8 Å². The summed E-state index contributed by atoms with van der Waals surface area (Å²) in [6.07, 6.45) is 1.72. The molecule has 0 unspecified atom stereocenters. The molecule has 0 saturated heterocycles. The molecule has 0 atom stereocenters. The highest BCUT2D eigenvalue weighted by atomic mass is 16.1. The average Bonchev–Trinajstić information content (AvgIpc) is 2.15. The van der Waals surface area contributed by atoms with Crippen molar-refractivity contribution in [3.8, 4) is 0 Å². The molecule has 1 N–H and O–H groups in total. The second-order valence-corrected chi connectivity index (χ2v) is 2.89. The molecule has 0 heterocycles. The molecule has 0 fully saturated rings. The summed E-state index contributed by atoms with van der Waals surface area (Å²) in [5.41, 5.74) is 1.71. The maximum absolute atomic E-state index is 10.9. The summed E-state index contributed by atoms with van der Waals surface area (Å²) in [4.78, 5) is 10.9. The Hall–Kier alpha value is -1.57. The Morgan fingerprint density at radius 3 is 2.38 bits per heavy atom. The number of nitrogens with one attached hydrogen (secondary N) is 1. The van der Waals surface area contributed by atoms with Crippen molar-refractivity contribution in [2.75, 3.05) is 5.32 Å². The number of carbonyl (C=O) groups excluding carboxylic acids is 1. The first-order chi connectivity index (χ1) is 6.20. The van der Waals surface area contributed by atoms with Crippen LogP contribution in [-0.4, -0.2) is 5.78 Å². The third-order valence-electron chi connectivity index (χ3n) is 1.78. The topological polar surface area (TPSA) is 29.1 Å². The van der Waals surface area contributed by atoms with Gasteiger partial charge in [-0.05, 0) is 26.0 Å². The maximum atomic E-state index is 10.9. The summed E-state index contributed by atoms with van der Waals surface area (Å²) in [5, 5.41) is 3.04. The quantitative estimate of drug-likeness (QED) is 0.715. The zero-order chi connectivity index (χ0) is 9.68. The van der Waals surface area contributed by atoms with Gasteiger partial charge in [-0.3, -0.25) is 4.79 Å². The Labute approximate surface area is 78.3 Å². The third kappa shape index (κ3) is 3.11. The van der Waals surface area contributed by atoms with Crippen LogP contribution in [0, 0.1) is 0 Å². The van der Waals surface area contributed by atoms with Crippen LogP contribution in [0.4, 0.5) is 5.69 Å². The lowest BCUT2D eigenvalue weighted by molar-refractivity contribution is -0.113. The molecule has 0 saturated carbocycles. The standard InChI is InChI=1S/C11H13NO/c1-9(10(2)13)8-12-11-6-4-3-5-7-11/h3-8,12H,1-2H3/b9-8-. The smallest absolute Gasteiger partial charge is 0.156 e. The van der Waals surface area contributed by atoms with E-state index in [1.54, 1.807) is 20.0 Å². The van der Waals surface area contributed by atoms with E-state index in [0.29, 0.717) is 0 Å². The first kappa shape index (κ1) is 9.52. The van der Waals surface area contributed by atoms with Gasteiger partial charge in [-0.15, -0.1) is 0 Å². The van der Waals surface area contributed by atoms with Gasteiger partial charge in [-0.1, -0.05) is 18.2 Å². The van der Waals surface area contributed by atoms with Crippen molar-refractivity contribution >= 4 is 11.5 Å². The van der Waals surface area contributed by atoms with Crippen molar-refractivity contribution in [1.82, 2.24) is 0 Å². The molecular formula is C11H13NO. The van der Waals surface area contributed by atoms with Crippen LogP contribution in [0.15, 0.2) is 42.1 Å². The number of carbonyl (C=O) groups is 1. The van der Waals surface area contributed by atoms with E-state index in [1.165, 1.54) is 0 Å². The van der Waals surface area contributed by atoms with Crippen LogP contribution in [0.3, 0.4) is 0 Å². The number of hydrogen-bond donors (Lipinski definition) is 1. The van der Waals surface area contributed by atoms with Gasteiger partial charge in [-0.25, -0.2) is 0 Å². The Bertz CT molecular complexity index is 314. The van der Waals surface area contributed by atoms with E-state index in [-0.39, 0.29) is 5.78 Å². The van der Waals surface area contributed by atoms with E-state index in [2.05, 4.69) is 5.32 Å². The minimum absolute atomic E-state index is 0.0865. The number of Topliss-reactive ketones (excluding diaryl/α,β-unsaturated/α-hetero) is 1. The van der Waals surface area contributed by atoms with Crippen LogP contribution >= 0.6 is 0 Å².